The molecule has 4 unspecified atom stereocenters. The molecule has 0 bridgehead atoms. The topological polar surface area (TPSA) is 110 Å². The molecule has 1 saturated heterocycles. The number of aromatic hydroxyl groups is 1. The average molecular weight is 662 g/mol. The van der Waals surface area contributed by atoms with E-state index in [9.17, 15) is 24.3 Å². The van der Waals surface area contributed by atoms with Crippen LogP contribution in [0.15, 0.2) is 95.1 Å². The Hall–Kier alpha value is -5.21. The van der Waals surface area contributed by atoms with E-state index < -0.39 is 23.7 Å². The number of halogens is 1. The van der Waals surface area contributed by atoms with Crippen molar-refractivity contribution in [1.29, 1.82) is 0 Å². The molecular weight excluding hydrogens is 630 g/mol. The number of fused-ring (bicyclic) bond motifs is 3. The second-order valence-electron chi connectivity index (χ2n) is 12.5. The Bertz CT molecular complexity index is 2040. The van der Waals surface area contributed by atoms with E-state index >= 15 is 0 Å². The molecule has 0 aromatic heterocycles. The Kier molecular flexibility index (Phi) is 7.92. The van der Waals surface area contributed by atoms with Gasteiger partial charge < -0.3 is 14.6 Å². The number of imide groups is 1. The predicted octanol–water partition coefficient (Wildman–Crippen LogP) is 6.87. The number of phenolic OH excluding ortho intramolecular Hbond substituents is 1. The molecule has 4 aliphatic rings. The first kappa shape index (κ1) is 31.4. The maximum absolute atomic E-state index is 14.3. The Labute approximate surface area is 282 Å². The molecule has 48 heavy (non-hydrogen) atoms. The largest absolute Gasteiger partial charge is 0.508 e. The van der Waals surface area contributed by atoms with E-state index in [-0.39, 0.29) is 42.0 Å². The van der Waals surface area contributed by atoms with Gasteiger partial charge >= 0.3 is 0 Å². The highest BCUT2D eigenvalue weighted by molar-refractivity contribution is 6.30. The summed E-state index contributed by atoms with van der Waals surface area (Å²) in [4.78, 5) is 56.4. The van der Waals surface area contributed by atoms with Gasteiger partial charge in [0.1, 0.15) is 17.2 Å². The van der Waals surface area contributed by atoms with Gasteiger partial charge in [0.15, 0.2) is 11.6 Å². The zero-order valence-electron chi connectivity index (χ0n) is 26.5. The van der Waals surface area contributed by atoms with Crippen LogP contribution in [0.1, 0.15) is 42.4 Å². The number of anilines is 1. The molecule has 3 aromatic carbocycles. The van der Waals surface area contributed by atoms with Crippen LogP contribution in [0.5, 0.6) is 17.2 Å². The molecule has 8 nitrogen and oxygen atoms in total. The number of allylic oxidation sites excluding steroid dienone is 6. The molecule has 242 valence electrons. The Morgan fingerprint density at radius 2 is 1.67 bits per heavy atom. The molecule has 1 aliphatic heterocycles. The number of carbonyl (C=O) groups excluding carboxylic acids is 4. The van der Waals surface area contributed by atoms with Crippen molar-refractivity contribution in [3.63, 3.8) is 0 Å². The highest BCUT2D eigenvalue weighted by Crippen LogP contribution is 2.56. The van der Waals surface area contributed by atoms with Gasteiger partial charge in [-0.3, -0.25) is 24.1 Å². The van der Waals surface area contributed by atoms with Gasteiger partial charge in [0.25, 0.3) is 0 Å². The van der Waals surface area contributed by atoms with Crippen molar-refractivity contribution in [3.8, 4) is 17.2 Å². The molecule has 3 aromatic rings. The molecule has 7 rings (SSSR count). The van der Waals surface area contributed by atoms with E-state index in [1.54, 1.807) is 45.4 Å². The summed E-state index contributed by atoms with van der Waals surface area (Å²) in [6, 6.07) is 17.3. The Balaban J connectivity index is 1.21. The van der Waals surface area contributed by atoms with Crippen LogP contribution in [-0.2, 0) is 19.2 Å². The lowest BCUT2D eigenvalue weighted by molar-refractivity contribution is -0.123. The SMILES string of the molecule is COc1ccc(OC)c(C=Cc2ccc(N3C(=O)C4CC=C5C(c6cc(Cl)ccc6O)C6=C(CC5C4C3=O)C(=O)C(C)=CC6=O)cc2)c1. The van der Waals surface area contributed by atoms with Gasteiger partial charge in [0.05, 0.1) is 31.7 Å². The number of ether oxygens (including phenoxy) is 2. The minimum atomic E-state index is -0.773. The van der Waals surface area contributed by atoms with E-state index in [1.165, 1.54) is 17.0 Å². The Morgan fingerprint density at radius 1 is 0.896 bits per heavy atom. The van der Waals surface area contributed by atoms with Crippen molar-refractivity contribution in [3.05, 3.63) is 117 Å². The number of nitrogens with zero attached hydrogens (tertiary/aromatic N) is 1. The number of ketones is 2. The van der Waals surface area contributed by atoms with Gasteiger partial charge in [-0.05, 0) is 85.9 Å². The molecule has 0 radical (unpaired) electrons. The van der Waals surface area contributed by atoms with Crippen molar-refractivity contribution < 1.29 is 33.8 Å². The minimum Gasteiger partial charge on any atom is -0.508 e. The zero-order chi connectivity index (χ0) is 33.9. The maximum Gasteiger partial charge on any atom is 0.238 e. The van der Waals surface area contributed by atoms with Crippen molar-refractivity contribution in [1.82, 2.24) is 0 Å². The maximum atomic E-state index is 14.3. The second kappa shape index (κ2) is 12.1. The van der Waals surface area contributed by atoms with Crippen LogP contribution in [0, 0.1) is 17.8 Å². The van der Waals surface area contributed by atoms with Gasteiger partial charge in [0, 0.05) is 38.8 Å². The minimum absolute atomic E-state index is 0.0686. The van der Waals surface area contributed by atoms with Crippen LogP contribution in [0.2, 0.25) is 5.02 Å². The zero-order valence-corrected chi connectivity index (χ0v) is 27.3. The van der Waals surface area contributed by atoms with Crippen molar-refractivity contribution in [2.75, 3.05) is 19.1 Å². The number of amides is 2. The number of hydrogen-bond acceptors (Lipinski definition) is 7. The van der Waals surface area contributed by atoms with Crippen LogP contribution in [0.25, 0.3) is 12.2 Å². The van der Waals surface area contributed by atoms with E-state index in [2.05, 4.69) is 0 Å². The van der Waals surface area contributed by atoms with Crippen molar-refractivity contribution in [2.24, 2.45) is 17.8 Å². The first-order valence-electron chi connectivity index (χ1n) is 15.7. The van der Waals surface area contributed by atoms with Crippen LogP contribution in [0.3, 0.4) is 0 Å². The summed E-state index contributed by atoms with van der Waals surface area (Å²) >= 11 is 6.35. The third kappa shape index (κ3) is 5.08. The molecule has 1 heterocycles. The van der Waals surface area contributed by atoms with Crippen LogP contribution < -0.4 is 14.4 Å². The fourth-order valence-corrected chi connectivity index (χ4v) is 7.82. The van der Waals surface area contributed by atoms with E-state index in [4.69, 9.17) is 21.1 Å². The lowest BCUT2D eigenvalue weighted by atomic mass is 9.59. The van der Waals surface area contributed by atoms with Gasteiger partial charge in [-0.2, -0.15) is 0 Å². The molecule has 2 amide bonds. The summed E-state index contributed by atoms with van der Waals surface area (Å²) in [5, 5.41) is 11.3. The van der Waals surface area contributed by atoms with Crippen molar-refractivity contribution >= 4 is 52.8 Å². The summed E-state index contributed by atoms with van der Waals surface area (Å²) in [5.74, 6) is -2.53. The van der Waals surface area contributed by atoms with E-state index in [0.717, 1.165) is 16.7 Å². The summed E-state index contributed by atoms with van der Waals surface area (Å²) < 4.78 is 10.8. The van der Waals surface area contributed by atoms with Crippen LogP contribution in [0.4, 0.5) is 5.69 Å². The molecule has 4 atom stereocenters. The molecule has 1 fully saturated rings. The summed E-state index contributed by atoms with van der Waals surface area (Å²) in [5.41, 5.74) is 4.23. The molecule has 3 aliphatic carbocycles. The molecular formula is C39H32ClNO7. The molecule has 0 spiro atoms. The molecule has 9 heteroatoms. The Morgan fingerprint density at radius 3 is 2.40 bits per heavy atom. The third-order valence-corrected chi connectivity index (χ3v) is 10.1. The molecule has 0 saturated carbocycles. The third-order valence-electron chi connectivity index (χ3n) is 9.91. The molecule has 1 N–H and O–H groups in total. The van der Waals surface area contributed by atoms with Gasteiger partial charge in [-0.15, -0.1) is 0 Å². The van der Waals surface area contributed by atoms with Crippen LogP contribution in [-0.4, -0.2) is 42.7 Å². The fraction of sp³-hybridized carbons (Fsp3) is 0.231. The summed E-state index contributed by atoms with van der Waals surface area (Å²) in [7, 11) is 3.20. The van der Waals surface area contributed by atoms with E-state index in [0.29, 0.717) is 44.5 Å². The normalized spacial score (nSPS) is 23.5. The van der Waals surface area contributed by atoms with Gasteiger partial charge in [0.2, 0.25) is 11.8 Å². The van der Waals surface area contributed by atoms with Gasteiger partial charge in [-0.1, -0.05) is 47.5 Å². The highest BCUT2D eigenvalue weighted by Gasteiger charge is 2.56. The number of carbonyl (C=O) groups is 4. The summed E-state index contributed by atoms with van der Waals surface area (Å²) in [6.07, 6.45) is 7.50. The predicted molar refractivity (Wildman–Crippen MR) is 182 cm³/mol. The lowest BCUT2D eigenvalue weighted by Gasteiger charge is -2.42. The lowest BCUT2D eigenvalue weighted by Crippen LogP contribution is -2.39. The summed E-state index contributed by atoms with van der Waals surface area (Å²) in [6.45, 7) is 1.60. The monoisotopic (exact) mass is 661 g/mol. The number of methoxy groups -OCH3 is 2. The van der Waals surface area contributed by atoms with Gasteiger partial charge in [-0.25, -0.2) is 0 Å². The number of phenols is 1. The number of benzene rings is 3. The van der Waals surface area contributed by atoms with Crippen LogP contribution >= 0.6 is 11.6 Å². The smallest absolute Gasteiger partial charge is 0.238 e. The van der Waals surface area contributed by atoms with E-state index in [1.807, 2.05) is 48.6 Å². The van der Waals surface area contributed by atoms with Crippen molar-refractivity contribution in [2.45, 2.75) is 25.7 Å². The number of hydrogen-bond donors (Lipinski definition) is 1. The quantitative estimate of drug-likeness (QED) is 0.133. The fourth-order valence-electron chi connectivity index (χ4n) is 7.64. The number of rotatable bonds is 6. The standard InChI is InChI=1S/C39H32ClNO7/c1-20-16-32(43)36-30(37(20)44)19-28-26(34(36)29-18-23(40)8-14-31(29)42)12-13-27-35(28)39(46)41(38(27)45)24-9-5-21(6-10-24)4-7-22-17-25(47-2)11-15-33(22)48-3/h4-12,14-18,27-28,34-35,42H,13,19H2,1-3H3. The average Bonchev–Trinajstić information content (AvgIpc) is 3.35. The first-order chi connectivity index (χ1) is 23.1. The first-order valence-corrected chi connectivity index (χ1v) is 16.1. The highest BCUT2D eigenvalue weighted by atomic mass is 35.5. The second-order valence-corrected chi connectivity index (χ2v) is 12.9. The number of Topliss-reactive ketones (excluding diaryl/α,β-unsaturated/α-hetero) is 1.